The van der Waals surface area contributed by atoms with Crippen molar-refractivity contribution >= 4 is 0 Å². The van der Waals surface area contributed by atoms with Gasteiger partial charge in [-0.2, -0.15) is 0 Å². The average molecular weight is 192 g/mol. The highest BCUT2D eigenvalue weighted by Gasteiger charge is 1.98. The molecule has 0 aliphatic rings. The van der Waals surface area contributed by atoms with Crippen LogP contribution in [0, 0.1) is 11.8 Å². The lowest BCUT2D eigenvalue weighted by Crippen LogP contribution is -2.16. The number of hydrogen-bond acceptors (Lipinski definition) is 3. The molecule has 76 valence electrons. The average Bonchev–Trinajstić information content (AvgIpc) is 2.62. The molecule has 0 bridgehead atoms. The Morgan fingerprint density at radius 2 is 2.36 bits per heavy atom. The summed E-state index contributed by atoms with van der Waals surface area (Å²) in [6.07, 6.45) is 3.65. The van der Waals surface area contributed by atoms with Crippen LogP contribution in [0.1, 0.15) is 32.4 Å². The summed E-state index contributed by atoms with van der Waals surface area (Å²) in [6.45, 7) is 4.89. The normalized spacial score (nSPS) is 11.9. The standard InChI is InChI=1S/C10H16N4/c1-3-5-9(11)6-7-10-8-12-13-14(10)4-2/h8-9H,3-5,11H2,1-2H3. The molecule has 4 heteroatoms. The second-order valence-electron chi connectivity index (χ2n) is 3.10. The van der Waals surface area contributed by atoms with Gasteiger partial charge in [-0.15, -0.1) is 5.10 Å². The first kappa shape index (κ1) is 10.7. The summed E-state index contributed by atoms with van der Waals surface area (Å²) in [5, 5.41) is 7.67. The Hall–Kier alpha value is -1.34. The van der Waals surface area contributed by atoms with Gasteiger partial charge < -0.3 is 5.73 Å². The van der Waals surface area contributed by atoms with Gasteiger partial charge in [-0.05, 0) is 19.3 Å². The summed E-state index contributed by atoms with van der Waals surface area (Å²) in [4.78, 5) is 0. The van der Waals surface area contributed by atoms with Crippen molar-refractivity contribution < 1.29 is 0 Å². The van der Waals surface area contributed by atoms with E-state index in [0.29, 0.717) is 0 Å². The maximum Gasteiger partial charge on any atom is 0.131 e. The molecule has 0 aromatic carbocycles. The molecule has 1 atom stereocenters. The predicted molar refractivity (Wildman–Crippen MR) is 55.5 cm³/mol. The quantitative estimate of drug-likeness (QED) is 0.720. The molecule has 0 saturated heterocycles. The molecule has 2 N–H and O–H groups in total. The third-order valence-corrected chi connectivity index (χ3v) is 1.90. The van der Waals surface area contributed by atoms with Crippen molar-refractivity contribution in [2.45, 2.75) is 39.3 Å². The molecular weight excluding hydrogens is 176 g/mol. The van der Waals surface area contributed by atoms with E-state index in [0.717, 1.165) is 25.1 Å². The Balaban J connectivity index is 2.66. The van der Waals surface area contributed by atoms with E-state index >= 15 is 0 Å². The maximum absolute atomic E-state index is 5.77. The number of nitrogens with zero attached hydrogens (tertiary/aromatic N) is 3. The van der Waals surface area contributed by atoms with E-state index in [1.807, 2.05) is 6.92 Å². The van der Waals surface area contributed by atoms with Gasteiger partial charge in [-0.3, -0.25) is 0 Å². The van der Waals surface area contributed by atoms with Crippen LogP contribution >= 0.6 is 0 Å². The van der Waals surface area contributed by atoms with Gasteiger partial charge >= 0.3 is 0 Å². The zero-order chi connectivity index (χ0) is 10.4. The first-order chi connectivity index (χ1) is 6.77. The number of nitrogens with two attached hydrogens (primary N) is 1. The van der Waals surface area contributed by atoms with Crippen LogP contribution in [0.25, 0.3) is 0 Å². The van der Waals surface area contributed by atoms with Gasteiger partial charge in [-0.25, -0.2) is 4.68 Å². The molecule has 1 heterocycles. The van der Waals surface area contributed by atoms with Gasteiger partial charge in [-0.1, -0.05) is 24.5 Å². The summed E-state index contributed by atoms with van der Waals surface area (Å²) in [6, 6.07) is -0.0415. The van der Waals surface area contributed by atoms with Gasteiger partial charge in [0.2, 0.25) is 0 Å². The molecule has 0 fully saturated rings. The molecule has 1 rings (SSSR count). The van der Waals surface area contributed by atoms with Crippen LogP contribution in [0.4, 0.5) is 0 Å². The summed E-state index contributed by atoms with van der Waals surface area (Å²) in [5.74, 6) is 5.98. The van der Waals surface area contributed by atoms with Crippen molar-refractivity contribution in [1.82, 2.24) is 15.0 Å². The molecule has 1 aromatic heterocycles. The van der Waals surface area contributed by atoms with E-state index in [1.165, 1.54) is 0 Å². The third kappa shape index (κ3) is 2.86. The Morgan fingerprint density at radius 3 is 3.00 bits per heavy atom. The first-order valence-corrected chi connectivity index (χ1v) is 4.93. The fourth-order valence-corrected chi connectivity index (χ4v) is 1.14. The van der Waals surface area contributed by atoms with Gasteiger partial charge in [0.15, 0.2) is 0 Å². The molecule has 0 spiro atoms. The van der Waals surface area contributed by atoms with E-state index in [2.05, 4.69) is 29.1 Å². The molecule has 1 aromatic rings. The van der Waals surface area contributed by atoms with Crippen LogP contribution in [0.3, 0.4) is 0 Å². The fraction of sp³-hybridized carbons (Fsp3) is 0.600. The van der Waals surface area contributed by atoms with Crippen molar-refractivity contribution in [3.05, 3.63) is 11.9 Å². The zero-order valence-electron chi connectivity index (χ0n) is 8.70. The van der Waals surface area contributed by atoms with Crippen LogP contribution in [-0.4, -0.2) is 21.0 Å². The van der Waals surface area contributed by atoms with E-state index in [9.17, 15) is 0 Å². The van der Waals surface area contributed by atoms with Gasteiger partial charge in [0.25, 0.3) is 0 Å². The highest BCUT2D eigenvalue weighted by atomic mass is 15.4. The van der Waals surface area contributed by atoms with Crippen LogP contribution < -0.4 is 5.73 Å². The van der Waals surface area contributed by atoms with Gasteiger partial charge in [0.1, 0.15) is 5.69 Å². The molecule has 0 aliphatic carbocycles. The van der Waals surface area contributed by atoms with Gasteiger partial charge in [0.05, 0.1) is 12.2 Å². The smallest absolute Gasteiger partial charge is 0.131 e. The molecule has 0 aliphatic heterocycles. The van der Waals surface area contributed by atoms with Crippen molar-refractivity contribution in [3.8, 4) is 11.8 Å². The Labute approximate surface area is 84.5 Å². The largest absolute Gasteiger partial charge is 0.318 e. The Bertz CT molecular complexity index is 331. The summed E-state index contributed by atoms with van der Waals surface area (Å²) >= 11 is 0. The lowest BCUT2D eigenvalue weighted by atomic mass is 10.2. The Kier molecular flexibility index (Phi) is 4.14. The summed E-state index contributed by atoms with van der Waals surface area (Å²) in [7, 11) is 0. The number of aromatic nitrogens is 3. The van der Waals surface area contributed by atoms with E-state index in [4.69, 9.17) is 5.73 Å². The highest BCUT2D eigenvalue weighted by molar-refractivity contribution is 5.26. The minimum absolute atomic E-state index is 0.0415. The van der Waals surface area contributed by atoms with Crippen molar-refractivity contribution in [2.24, 2.45) is 5.73 Å². The van der Waals surface area contributed by atoms with Crippen molar-refractivity contribution in [2.75, 3.05) is 0 Å². The maximum atomic E-state index is 5.77. The topological polar surface area (TPSA) is 56.7 Å². The lowest BCUT2D eigenvalue weighted by Gasteiger charge is -1.99. The first-order valence-electron chi connectivity index (χ1n) is 4.93. The minimum Gasteiger partial charge on any atom is -0.318 e. The molecule has 0 amide bonds. The van der Waals surface area contributed by atoms with Gasteiger partial charge in [0, 0.05) is 6.54 Å². The predicted octanol–water partition coefficient (Wildman–Crippen LogP) is 0.777. The lowest BCUT2D eigenvalue weighted by molar-refractivity contribution is 0.620. The molecule has 14 heavy (non-hydrogen) atoms. The summed E-state index contributed by atoms with van der Waals surface area (Å²) in [5.41, 5.74) is 6.60. The molecule has 0 saturated carbocycles. The second-order valence-corrected chi connectivity index (χ2v) is 3.10. The van der Waals surface area contributed by atoms with Crippen LogP contribution in [0.2, 0.25) is 0 Å². The van der Waals surface area contributed by atoms with Crippen molar-refractivity contribution in [3.63, 3.8) is 0 Å². The number of aryl methyl sites for hydroxylation is 1. The minimum atomic E-state index is -0.0415. The third-order valence-electron chi connectivity index (χ3n) is 1.90. The van der Waals surface area contributed by atoms with E-state index in [1.54, 1.807) is 10.9 Å². The summed E-state index contributed by atoms with van der Waals surface area (Å²) < 4.78 is 1.76. The fourth-order valence-electron chi connectivity index (χ4n) is 1.14. The SMILES string of the molecule is CCCC(N)C#Cc1cnnn1CC. The molecule has 4 nitrogen and oxygen atoms in total. The molecule has 0 radical (unpaired) electrons. The molecule has 1 unspecified atom stereocenters. The van der Waals surface area contributed by atoms with E-state index in [-0.39, 0.29) is 6.04 Å². The Morgan fingerprint density at radius 1 is 1.57 bits per heavy atom. The highest BCUT2D eigenvalue weighted by Crippen LogP contribution is 1.95. The number of hydrogen-bond donors (Lipinski definition) is 1. The van der Waals surface area contributed by atoms with Crippen LogP contribution in [0.5, 0.6) is 0 Å². The monoisotopic (exact) mass is 192 g/mol. The zero-order valence-corrected chi connectivity index (χ0v) is 8.70. The second kappa shape index (κ2) is 5.40. The van der Waals surface area contributed by atoms with Crippen LogP contribution in [-0.2, 0) is 6.54 Å². The van der Waals surface area contributed by atoms with Crippen molar-refractivity contribution in [1.29, 1.82) is 0 Å². The number of rotatable bonds is 3. The van der Waals surface area contributed by atoms with Crippen LogP contribution in [0.15, 0.2) is 6.20 Å². The van der Waals surface area contributed by atoms with E-state index < -0.39 is 0 Å². The molecular formula is C10H16N4.